The summed E-state index contributed by atoms with van der Waals surface area (Å²) in [5.74, 6) is 0.972. The smallest absolute Gasteiger partial charge is 0.191 e. The molecule has 3 nitrogen and oxygen atoms in total. The van der Waals surface area contributed by atoms with Crippen molar-refractivity contribution in [2.75, 3.05) is 19.6 Å². The van der Waals surface area contributed by atoms with E-state index in [2.05, 4.69) is 27.8 Å². The SMILES string of the molecule is Clc1ccc(C2(CNC3=NCCCN3)CCCCC2)cc1.I. The summed E-state index contributed by atoms with van der Waals surface area (Å²) in [5, 5.41) is 7.72. The summed E-state index contributed by atoms with van der Waals surface area (Å²) >= 11 is 6.05. The van der Waals surface area contributed by atoms with E-state index >= 15 is 0 Å². The van der Waals surface area contributed by atoms with E-state index in [1.807, 2.05) is 12.1 Å². The summed E-state index contributed by atoms with van der Waals surface area (Å²) in [4.78, 5) is 4.53. The molecule has 122 valence electrons. The van der Waals surface area contributed by atoms with Gasteiger partial charge in [-0.25, -0.2) is 0 Å². The Hall–Kier alpha value is -0.490. The lowest BCUT2D eigenvalue weighted by Crippen LogP contribution is -2.48. The highest BCUT2D eigenvalue weighted by atomic mass is 127. The van der Waals surface area contributed by atoms with Crippen LogP contribution in [0.25, 0.3) is 0 Å². The van der Waals surface area contributed by atoms with E-state index in [1.54, 1.807) is 0 Å². The van der Waals surface area contributed by atoms with Gasteiger partial charge >= 0.3 is 0 Å². The van der Waals surface area contributed by atoms with E-state index in [9.17, 15) is 0 Å². The van der Waals surface area contributed by atoms with Gasteiger partial charge in [-0.2, -0.15) is 0 Å². The molecule has 2 aliphatic rings. The molecule has 2 N–H and O–H groups in total. The molecule has 3 rings (SSSR count). The van der Waals surface area contributed by atoms with Gasteiger partial charge in [0.15, 0.2) is 5.96 Å². The maximum atomic E-state index is 6.05. The number of aliphatic imine (C=N–C) groups is 1. The second-order valence-corrected chi connectivity index (χ2v) is 6.65. The first kappa shape index (κ1) is 17.9. The van der Waals surface area contributed by atoms with Crippen LogP contribution in [0, 0.1) is 0 Å². The molecule has 0 bridgehead atoms. The Morgan fingerprint density at radius 3 is 2.45 bits per heavy atom. The molecule has 0 unspecified atom stereocenters. The molecule has 1 heterocycles. The largest absolute Gasteiger partial charge is 0.356 e. The van der Waals surface area contributed by atoms with Crippen LogP contribution in [-0.2, 0) is 5.41 Å². The minimum absolute atomic E-state index is 0. The Morgan fingerprint density at radius 2 is 1.82 bits per heavy atom. The van der Waals surface area contributed by atoms with Crippen molar-refractivity contribution in [1.82, 2.24) is 10.6 Å². The third-order valence-corrected chi connectivity index (χ3v) is 5.01. The fourth-order valence-corrected chi connectivity index (χ4v) is 3.63. The van der Waals surface area contributed by atoms with E-state index in [0.29, 0.717) is 0 Å². The summed E-state index contributed by atoms with van der Waals surface area (Å²) in [6.07, 6.45) is 7.60. The van der Waals surface area contributed by atoms with E-state index in [-0.39, 0.29) is 29.4 Å². The van der Waals surface area contributed by atoms with Gasteiger partial charge in [0.25, 0.3) is 0 Å². The lowest BCUT2D eigenvalue weighted by atomic mass is 9.69. The van der Waals surface area contributed by atoms with Gasteiger partial charge in [-0.05, 0) is 37.0 Å². The van der Waals surface area contributed by atoms with Crippen molar-refractivity contribution in [3.05, 3.63) is 34.9 Å². The van der Waals surface area contributed by atoms with Crippen molar-refractivity contribution in [3.63, 3.8) is 0 Å². The van der Waals surface area contributed by atoms with E-state index in [0.717, 1.165) is 37.0 Å². The summed E-state index contributed by atoms with van der Waals surface area (Å²) in [5.41, 5.74) is 1.64. The molecule has 0 radical (unpaired) electrons. The number of guanidine groups is 1. The minimum Gasteiger partial charge on any atom is -0.356 e. The number of halogens is 2. The van der Waals surface area contributed by atoms with Crippen LogP contribution in [0.4, 0.5) is 0 Å². The molecule has 0 aromatic heterocycles. The third-order valence-electron chi connectivity index (χ3n) is 4.76. The summed E-state index contributed by atoms with van der Waals surface area (Å²) in [6.45, 7) is 2.92. The molecule has 0 amide bonds. The summed E-state index contributed by atoms with van der Waals surface area (Å²) in [6, 6.07) is 8.43. The molecule has 1 aliphatic carbocycles. The van der Waals surface area contributed by atoms with Crippen molar-refractivity contribution in [2.45, 2.75) is 43.9 Å². The molecule has 1 aromatic carbocycles. The van der Waals surface area contributed by atoms with Crippen LogP contribution >= 0.6 is 35.6 Å². The Morgan fingerprint density at radius 1 is 1.09 bits per heavy atom. The van der Waals surface area contributed by atoms with E-state index in [4.69, 9.17) is 11.6 Å². The Balaban J connectivity index is 0.00000176. The maximum Gasteiger partial charge on any atom is 0.191 e. The third kappa shape index (κ3) is 4.28. The maximum absolute atomic E-state index is 6.05. The molecule has 0 atom stereocenters. The Labute approximate surface area is 155 Å². The molecule has 1 saturated carbocycles. The predicted octanol–water partition coefficient (Wildman–Crippen LogP) is 4.10. The molecule has 0 spiro atoms. The van der Waals surface area contributed by atoms with Crippen molar-refractivity contribution in [3.8, 4) is 0 Å². The highest BCUT2D eigenvalue weighted by Gasteiger charge is 2.34. The van der Waals surface area contributed by atoms with Crippen LogP contribution in [0.1, 0.15) is 44.1 Å². The standard InChI is InChI=1S/C17H24ClN3.HI/c18-15-7-5-14(6-8-15)17(9-2-1-3-10-17)13-21-16-19-11-4-12-20-16;/h5-8H,1-4,9-13H2,(H2,19,20,21);1H. The van der Waals surface area contributed by atoms with Gasteiger partial charge in [-0.15, -0.1) is 24.0 Å². The molecule has 1 aliphatic heterocycles. The average molecular weight is 434 g/mol. The van der Waals surface area contributed by atoms with Crippen LogP contribution in [0.15, 0.2) is 29.3 Å². The molecular formula is C17H25ClIN3. The van der Waals surface area contributed by atoms with Crippen LogP contribution < -0.4 is 10.6 Å². The monoisotopic (exact) mass is 433 g/mol. The molecule has 22 heavy (non-hydrogen) atoms. The highest BCUT2D eigenvalue weighted by molar-refractivity contribution is 14.0. The summed E-state index contributed by atoms with van der Waals surface area (Å²) < 4.78 is 0. The Bertz CT molecular complexity index is 495. The van der Waals surface area contributed by atoms with E-state index in [1.165, 1.54) is 37.7 Å². The number of hydrogen-bond acceptors (Lipinski definition) is 3. The first-order valence-corrected chi connectivity index (χ1v) is 8.45. The van der Waals surface area contributed by atoms with Crippen molar-refractivity contribution in [2.24, 2.45) is 4.99 Å². The highest BCUT2D eigenvalue weighted by Crippen LogP contribution is 2.39. The molecular weight excluding hydrogens is 409 g/mol. The lowest BCUT2D eigenvalue weighted by molar-refractivity contribution is 0.291. The van der Waals surface area contributed by atoms with Crippen LogP contribution in [0.2, 0.25) is 5.02 Å². The fraction of sp³-hybridized carbons (Fsp3) is 0.588. The topological polar surface area (TPSA) is 36.4 Å². The van der Waals surface area contributed by atoms with Gasteiger partial charge in [0.2, 0.25) is 0 Å². The zero-order valence-corrected chi connectivity index (χ0v) is 16.0. The normalized spacial score (nSPS) is 20.3. The quantitative estimate of drug-likeness (QED) is 0.704. The first-order chi connectivity index (χ1) is 10.3. The number of rotatable bonds is 3. The van der Waals surface area contributed by atoms with Gasteiger partial charge in [0, 0.05) is 30.1 Å². The van der Waals surface area contributed by atoms with Gasteiger partial charge in [0.1, 0.15) is 0 Å². The minimum atomic E-state index is 0. The van der Waals surface area contributed by atoms with Crippen molar-refractivity contribution >= 4 is 41.5 Å². The Kier molecular flexibility index (Phi) is 6.81. The van der Waals surface area contributed by atoms with Gasteiger partial charge in [-0.3, -0.25) is 4.99 Å². The van der Waals surface area contributed by atoms with Crippen LogP contribution in [0.5, 0.6) is 0 Å². The van der Waals surface area contributed by atoms with Crippen LogP contribution in [0.3, 0.4) is 0 Å². The first-order valence-electron chi connectivity index (χ1n) is 8.07. The molecule has 0 saturated heterocycles. The van der Waals surface area contributed by atoms with Crippen LogP contribution in [-0.4, -0.2) is 25.6 Å². The summed E-state index contributed by atoms with van der Waals surface area (Å²) in [7, 11) is 0. The number of nitrogens with zero attached hydrogens (tertiary/aromatic N) is 1. The second-order valence-electron chi connectivity index (χ2n) is 6.21. The van der Waals surface area contributed by atoms with Crippen molar-refractivity contribution in [1.29, 1.82) is 0 Å². The van der Waals surface area contributed by atoms with Gasteiger partial charge < -0.3 is 10.6 Å². The zero-order valence-electron chi connectivity index (χ0n) is 12.9. The second kappa shape index (κ2) is 8.39. The number of benzene rings is 1. The van der Waals surface area contributed by atoms with Gasteiger partial charge in [-0.1, -0.05) is 43.0 Å². The van der Waals surface area contributed by atoms with Crippen molar-refractivity contribution < 1.29 is 0 Å². The number of hydrogen-bond donors (Lipinski definition) is 2. The zero-order chi connectivity index (χ0) is 14.5. The predicted molar refractivity (Wildman–Crippen MR) is 105 cm³/mol. The molecule has 5 heteroatoms. The molecule has 1 fully saturated rings. The number of nitrogens with one attached hydrogen (secondary N) is 2. The average Bonchev–Trinajstić information content (AvgIpc) is 2.55. The fourth-order valence-electron chi connectivity index (χ4n) is 3.50. The molecule has 1 aromatic rings. The van der Waals surface area contributed by atoms with Gasteiger partial charge in [0.05, 0.1) is 0 Å². The lowest BCUT2D eigenvalue weighted by Gasteiger charge is -2.38. The van der Waals surface area contributed by atoms with E-state index < -0.39 is 0 Å².